The van der Waals surface area contributed by atoms with Crippen molar-refractivity contribution in [2.75, 3.05) is 0 Å². The van der Waals surface area contributed by atoms with Crippen molar-refractivity contribution >= 4 is 0 Å². The van der Waals surface area contributed by atoms with Gasteiger partial charge in [-0.1, -0.05) is 18.2 Å². The average molecular weight is 246 g/mol. The Balaban J connectivity index is 2.85. The molecule has 0 heterocycles. The first-order valence-corrected chi connectivity index (χ1v) is 5.49. The summed E-state index contributed by atoms with van der Waals surface area (Å²) in [5.41, 5.74) is 1.12. The van der Waals surface area contributed by atoms with Crippen LogP contribution >= 0.6 is 0 Å². The molecule has 1 unspecified atom stereocenters. The zero-order valence-electron chi connectivity index (χ0n) is 10.2. The van der Waals surface area contributed by atoms with Gasteiger partial charge in [0.2, 0.25) is 0 Å². The van der Waals surface area contributed by atoms with Crippen molar-refractivity contribution in [3.63, 3.8) is 0 Å². The van der Waals surface area contributed by atoms with E-state index in [0.717, 1.165) is 11.1 Å². The maximum Gasteiger partial charge on any atom is 0.389 e. The van der Waals surface area contributed by atoms with Gasteiger partial charge < -0.3 is 5.11 Å². The molecule has 0 aliphatic carbocycles. The van der Waals surface area contributed by atoms with Crippen LogP contribution in [-0.2, 0) is 5.60 Å². The van der Waals surface area contributed by atoms with Gasteiger partial charge in [0, 0.05) is 6.42 Å². The molecule has 0 fully saturated rings. The molecule has 1 aromatic rings. The van der Waals surface area contributed by atoms with Crippen molar-refractivity contribution in [3.05, 3.63) is 34.9 Å². The number of rotatable bonds is 3. The van der Waals surface area contributed by atoms with Crippen molar-refractivity contribution in [3.8, 4) is 0 Å². The fourth-order valence-electron chi connectivity index (χ4n) is 1.61. The Labute approximate surface area is 99.3 Å². The maximum absolute atomic E-state index is 12.1. The molecule has 0 spiro atoms. The second kappa shape index (κ2) is 4.69. The zero-order chi connectivity index (χ0) is 13.3. The predicted molar refractivity (Wildman–Crippen MR) is 60.8 cm³/mol. The summed E-state index contributed by atoms with van der Waals surface area (Å²) >= 11 is 0. The van der Waals surface area contributed by atoms with E-state index in [1.165, 1.54) is 6.92 Å². The Morgan fingerprint density at radius 1 is 1.06 bits per heavy atom. The molecule has 1 rings (SSSR count). The van der Waals surface area contributed by atoms with Crippen LogP contribution in [-0.4, -0.2) is 11.3 Å². The van der Waals surface area contributed by atoms with Crippen LogP contribution in [0.4, 0.5) is 13.2 Å². The van der Waals surface area contributed by atoms with E-state index in [9.17, 15) is 18.3 Å². The van der Waals surface area contributed by atoms with Crippen LogP contribution in [0.3, 0.4) is 0 Å². The minimum absolute atomic E-state index is 0.320. The van der Waals surface area contributed by atoms with Crippen LogP contribution in [0.2, 0.25) is 0 Å². The Morgan fingerprint density at radius 2 is 1.65 bits per heavy atom. The number of hydrogen-bond donors (Lipinski definition) is 1. The highest BCUT2D eigenvalue weighted by atomic mass is 19.4. The molecular weight excluding hydrogens is 229 g/mol. The van der Waals surface area contributed by atoms with E-state index < -0.39 is 18.2 Å². The quantitative estimate of drug-likeness (QED) is 0.858. The number of aryl methyl sites for hydroxylation is 2. The molecule has 0 aliphatic rings. The van der Waals surface area contributed by atoms with E-state index in [1.807, 2.05) is 19.9 Å². The summed E-state index contributed by atoms with van der Waals surface area (Å²) in [6, 6.07) is 5.23. The normalized spacial score (nSPS) is 15.7. The van der Waals surface area contributed by atoms with Gasteiger partial charge in [-0.25, -0.2) is 0 Å². The van der Waals surface area contributed by atoms with E-state index >= 15 is 0 Å². The number of benzene rings is 1. The third-order valence-corrected chi connectivity index (χ3v) is 3.02. The van der Waals surface area contributed by atoms with Crippen LogP contribution in [0, 0.1) is 13.8 Å². The molecule has 1 N–H and O–H groups in total. The lowest BCUT2D eigenvalue weighted by Gasteiger charge is -2.25. The predicted octanol–water partition coefficient (Wildman–Crippen LogP) is 3.85. The highest BCUT2D eigenvalue weighted by Gasteiger charge is 2.33. The summed E-state index contributed by atoms with van der Waals surface area (Å²) in [7, 11) is 0. The SMILES string of the molecule is Cc1ccc(C(C)(O)CCC(F)(F)F)cc1C. The van der Waals surface area contributed by atoms with Gasteiger partial charge in [0.25, 0.3) is 0 Å². The molecule has 0 aromatic heterocycles. The maximum atomic E-state index is 12.1. The van der Waals surface area contributed by atoms with Crippen molar-refractivity contribution in [1.82, 2.24) is 0 Å². The Kier molecular flexibility index (Phi) is 3.87. The van der Waals surface area contributed by atoms with E-state index in [0.29, 0.717) is 5.56 Å². The third-order valence-electron chi connectivity index (χ3n) is 3.02. The molecular formula is C13H17F3O. The summed E-state index contributed by atoms with van der Waals surface area (Å²) < 4.78 is 36.4. The molecule has 0 saturated carbocycles. The summed E-state index contributed by atoms with van der Waals surface area (Å²) in [5, 5.41) is 10.1. The molecule has 96 valence electrons. The van der Waals surface area contributed by atoms with E-state index in [1.54, 1.807) is 12.1 Å². The monoisotopic (exact) mass is 246 g/mol. The zero-order valence-corrected chi connectivity index (χ0v) is 10.2. The molecule has 0 amide bonds. The molecule has 1 atom stereocenters. The molecule has 0 saturated heterocycles. The third kappa shape index (κ3) is 4.04. The molecule has 4 heteroatoms. The van der Waals surface area contributed by atoms with Crippen molar-refractivity contribution in [2.24, 2.45) is 0 Å². The average Bonchev–Trinajstić information content (AvgIpc) is 2.18. The lowest BCUT2D eigenvalue weighted by Crippen LogP contribution is -2.24. The Bertz CT molecular complexity index is 394. The van der Waals surface area contributed by atoms with E-state index in [2.05, 4.69) is 0 Å². The molecule has 0 aliphatic heterocycles. The highest BCUT2D eigenvalue weighted by Crippen LogP contribution is 2.32. The smallest absolute Gasteiger partial charge is 0.385 e. The first-order valence-electron chi connectivity index (χ1n) is 5.49. The Morgan fingerprint density at radius 3 is 2.12 bits per heavy atom. The molecule has 0 bridgehead atoms. The molecule has 0 radical (unpaired) electrons. The largest absolute Gasteiger partial charge is 0.389 e. The fraction of sp³-hybridized carbons (Fsp3) is 0.538. The van der Waals surface area contributed by atoms with Crippen molar-refractivity contribution < 1.29 is 18.3 Å². The van der Waals surface area contributed by atoms with Gasteiger partial charge in [0.1, 0.15) is 0 Å². The standard InChI is InChI=1S/C13H17F3O/c1-9-4-5-11(8-10(9)2)12(3,17)6-7-13(14,15)16/h4-5,8,17H,6-7H2,1-3H3. The van der Waals surface area contributed by atoms with Gasteiger partial charge in [-0.2, -0.15) is 13.2 Å². The first kappa shape index (κ1) is 14.0. The number of hydrogen-bond acceptors (Lipinski definition) is 1. The molecule has 1 aromatic carbocycles. The van der Waals surface area contributed by atoms with Gasteiger partial charge in [0.15, 0.2) is 0 Å². The highest BCUT2D eigenvalue weighted by molar-refractivity contribution is 5.32. The van der Waals surface area contributed by atoms with Crippen molar-refractivity contribution in [1.29, 1.82) is 0 Å². The number of aliphatic hydroxyl groups is 1. The summed E-state index contributed by atoms with van der Waals surface area (Å²) in [6.07, 6.45) is -5.53. The van der Waals surface area contributed by atoms with Gasteiger partial charge >= 0.3 is 6.18 Å². The molecule has 1 nitrogen and oxygen atoms in total. The minimum Gasteiger partial charge on any atom is -0.385 e. The van der Waals surface area contributed by atoms with Crippen molar-refractivity contribution in [2.45, 2.75) is 45.4 Å². The fourth-order valence-corrected chi connectivity index (χ4v) is 1.61. The summed E-state index contributed by atoms with van der Waals surface area (Å²) in [5.74, 6) is 0. The second-order valence-electron chi connectivity index (χ2n) is 4.69. The van der Waals surface area contributed by atoms with Crippen LogP contribution in [0.5, 0.6) is 0 Å². The topological polar surface area (TPSA) is 20.2 Å². The van der Waals surface area contributed by atoms with Gasteiger partial charge in [-0.15, -0.1) is 0 Å². The van der Waals surface area contributed by atoms with Crippen LogP contribution in [0.1, 0.15) is 36.5 Å². The molecule has 17 heavy (non-hydrogen) atoms. The van der Waals surface area contributed by atoms with Gasteiger partial charge in [-0.05, 0) is 43.9 Å². The first-order chi connectivity index (χ1) is 7.62. The second-order valence-corrected chi connectivity index (χ2v) is 4.69. The van der Waals surface area contributed by atoms with E-state index in [-0.39, 0.29) is 6.42 Å². The van der Waals surface area contributed by atoms with E-state index in [4.69, 9.17) is 0 Å². The van der Waals surface area contributed by atoms with Gasteiger partial charge in [0.05, 0.1) is 5.60 Å². The number of alkyl halides is 3. The minimum atomic E-state index is -4.23. The van der Waals surface area contributed by atoms with Gasteiger partial charge in [-0.3, -0.25) is 0 Å². The summed E-state index contributed by atoms with van der Waals surface area (Å²) in [6.45, 7) is 5.21. The van der Waals surface area contributed by atoms with Crippen LogP contribution < -0.4 is 0 Å². The lowest BCUT2D eigenvalue weighted by molar-refractivity contribution is -0.146. The Hall–Kier alpha value is -1.03. The van der Waals surface area contributed by atoms with Crippen LogP contribution in [0.15, 0.2) is 18.2 Å². The lowest BCUT2D eigenvalue weighted by atomic mass is 9.89. The summed E-state index contributed by atoms with van der Waals surface area (Å²) in [4.78, 5) is 0. The van der Waals surface area contributed by atoms with Crippen LogP contribution in [0.25, 0.3) is 0 Å². The number of halogens is 3.